The van der Waals surface area contributed by atoms with Crippen LogP contribution in [0.4, 0.5) is 0 Å². The fourth-order valence-corrected chi connectivity index (χ4v) is 2.17. The molecular weight excluding hydrogens is 210 g/mol. The molecule has 3 heteroatoms. The van der Waals surface area contributed by atoms with Gasteiger partial charge in [0, 0.05) is 31.1 Å². The molecule has 2 heterocycles. The second-order valence-electron chi connectivity index (χ2n) is 4.72. The Morgan fingerprint density at radius 1 is 1.24 bits per heavy atom. The summed E-state index contributed by atoms with van der Waals surface area (Å²) >= 11 is 0. The van der Waals surface area contributed by atoms with Gasteiger partial charge in [0.2, 0.25) is 0 Å². The van der Waals surface area contributed by atoms with Crippen molar-refractivity contribution in [2.24, 2.45) is 0 Å². The highest BCUT2D eigenvalue weighted by Crippen LogP contribution is 2.14. The lowest BCUT2D eigenvalue weighted by atomic mass is 10.1. The zero-order valence-electron chi connectivity index (χ0n) is 10.1. The molecule has 0 aliphatic carbocycles. The number of hydrogen-bond donors (Lipinski definition) is 1. The molecule has 0 unspecified atom stereocenters. The molecule has 0 saturated carbocycles. The summed E-state index contributed by atoms with van der Waals surface area (Å²) in [6.45, 7) is 3.13. The van der Waals surface area contributed by atoms with Gasteiger partial charge in [-0.15, -0.1) is 0 Å². The van der Waals surface area contributed by atoms with Gasteiger partial charge in [-0.3, -0.25) is 9.88 Å². The summed E-state index contributed by atoms with van der Waals surface area (Å²) in [6, 6.07) is 13.2. The Bertz CT molecular complexity index is 520. The maximum Gasteiger partial charge on any atom is 0.0705 e. The van der Waals surface area contributed by atoms with E-state index < -0.39 is 0 Å². The average Bonchev–Trinajstić information content (AvgIpc) is 2.26. The molecule has 1 aromatic carbocycles. The lowest BCUT2D eigenvalue weighted by Gasteiger charge is -2.35. The van der Waals surface area contributed by atoms with E-state index in [9.17, 15) is 0 Å². The van der Waals surface area contributed by atoms with Crippen molar-refractivity contribution >= 4 is 10.9 Å². The molecule has 3 nitrogen and oxygen atoms in total. The van der Waals surface area contributed by atoms with Crippen LogP contribution in [-0.4, -0.2) is 36.1 Å². The van der Waals surface area contributed by atoms with E-state index in [1.54, 1.807) is 0 Å². The van der Waals surface area contributed by atoms with Crippen molar-refractivity contribution in [1.82, 2.24) is 15.2 Å². The quantitative estimate of drug-likeness (QED) is 0.864. The molecular formula is C14H17N3. The number of rotatable bonds is 3. The van der Waals surface area contributed by atoms with Crippen molar-refractivity contribution < 1.29 is 0 Å². The van der Waals surface area contributed by atoms with E-state index in [0.717, 1.165) is 30.8 Å². The summed E-state index contributed by atoms with van der Waals surface area (Å²) in [5, 5.41) is 4.51. The molecule has 1 fully saturated rings. The molecule has 88 valence electrons. The summed E-state index contributed by atoms with van der Waals surface area (Å²) in [4.78, 5) is 7.06. The molecule has 0 radical (unpaired) electrons. The number of likely N-dealkylation sites (N-methyl/N-ethyl adjacent to an activating group) is 1. The number of aromatic nitrogens is 1. The first-order valence-corrected chi connectivity index (χ1v) is 6.08. The molecule has 0 amide bonds. The van der Waals surface area contributed by atoms with Gasteiger partial charge >= 0.3 is 0 Å². The van der Waals surface area contributed by atoms with Crippen molar-refractivity contribution in [2.45, 2.75) is 12.6 Å². The molecule has 0 spiro atoms. The van der Waals surface area contributed by atoms with E-state index in [0.29, 0.717) is 6.04 Å². The lowest BCUT2D eigenvalue weighted by molar-refractivity contribution is 0.171. The van der Waals surface area contributed by atoms with Crippen molar-refractivity contribution in [3.63, 3.8) is 0 Å². The van der Waals surface area contributed by atoms with Crippen LogP contribution >= 0.6 is 0 Å². The highest BCUT2D eigenvalue weighted by Gasteiger charge is 2.21. The fourth-order valence-electron chi connectivity index (χ4n) is 2.17. The van der Waals surface area contributed by atoms with Crippen LogP contribution < -0.4 is 5.32 Å². The van der Waals surface area contributed by atoms with Crippen molar-refractivity contribution in [3.8, 4) is 0 Å². The van der Waals surface area contributed by atoms with Gasteiger partial charge in [-0.1, -0.05) is 24.3 Å². The molecule has 0 bridgehead atoms. The molecule has 0 atom stereocenters. The zero-order valence-corrected chi connectivity index (χ0v) is 10.1. The summed E-state index contributed by atoms with van der Waals surface area (Å²) in [5.41, 5.74) is 2.24. The summed E-state index contributed by atoms with van der Waals surface area (Å²) in [5.74, 6) is 0. The number of benzene rings is 1. The van der Waals surface area contributed by atoms with E-state index in [1.807, 2.05) is 6.07 Å². The number of para-hydroxylation sites is 1. The predicted octanol–water partition coefficient (Wildman–Crippen LogP) is 1.64. The normalized spacial score (nSPS) is 16.4. The van der Waals surface area contributed by atoms with Crippen LogP contribution in [0.5, 0.6) is 0 Å². The zero-order chi connectivity index (χ0) is 11.7. The SMILES string of the molecule is CN(Cc1ccc2ccccc2n1)C1CNC1. The molecule has 2 aromatic rings. The van der Waals surface area contributed by atoms with E-state index in [-0.39, 0.29) is 0 Å². The second-order valence-corrected chi connectivity index (χ2v) is 4.72. The molecule has 17 heavy (non-hydrogen) atoms. The number of nitrogens with zero attached hydrogens (tertiary/aromatic N) is 2. The van der Waals surface area contributed by atoms with Crippen LogP contribution in [0.2, 0.25) is 0 Å². The Balaban J connectivity index is 1.80. The minimum atomic E-state index is 0.670. The van der Waals surface area contributed by atoms with Crippen LogP contribution in [0.15, 0.2) is 36.4 Å². The fraction of sp³-hybridized carbons (Fsp3) is 0.357. The molecule has 1 saturated heterocycles. The van der Waals surface area contributed by atoms with Gasteiger partial charge in [0.25, 0.3) is 0 Å². The molecule has 1 aromatic heterocycles. The van der Waals surface area contributed by atoms with Gasteiger partial charge in [-0.2, -0.15) is 0 Å². The van der Waals surface area contributed by atoms with Crippen LogP contribution in [-0.2, 0) is 6.54 Å². The van der Waals surface area contributed by atoms with Crippen molar-refractivity contribution in [3.05, 3.63) is 42.1 Å². The smallest absolute Gasteiger partial charge is 0.0705 e. The minimum Gasteiger partial charge on any atom is -0.314 e. The Morgan fingerprint density at radius 3 is 2.82 bits per heavy atom. The molecule has 1 aliphatic rings. The Hall–Kier alpha value is -1.45. The van der Waals surface area contributed by atoms with Crippen LogP contribution in [0.1, 0.15) is 5.69 Å². The Kier molecular flexibility index (Phi) is 2.79. The van der Waals surface area contributed by atoms with E-state index in [4.69, 9.17) is 4.98 Å². The topological polar surface area (TPSA) is 28.2 Å². The average molecular weight is 227 g/mol. The predicted molar refractivity (Wildman–Crippen MR) is 69.9 cm³/mol. The first-order chi connectivity index (χ1) is 8.33. The summed E-state index contributed by atoms with van der Waals surface area (Å²) < 4.78 is 0. The largest absolute Gasteiger partial charge is 0.314 e. The Morgan fingerprint density at radius 2 is 2.06 bits per heavy atom. The summed E-state index contributed by atoms with van der Waals surface area (Å²) in [7, 11) is 2.17. The van der Waals surface area contributed by atoms with E-state index in [1.165, 1.54) is 5.39 Å². The second kappa shape index (κ2) is 4.43. The Labute approximate surface area is 101 Å². The number of pyridine rings is 1. The highest BCUT2D eigenvalue weighted by molar-refractivity contribution is 5.78. The van der Waals surface area contributed by atoms with Crippen LogP contribution in [0, 0.1) is 0 Å². The maximum atomic E-state index is 4.69. The number of fused-ring (bicyclic) bond motifs is 1. The van der Waals surface area contributed by atoms with Crippen LogP contribution in [0.3, 0.4) is 0 Å². The molecule has 3 rings (SSSR count). The monoisotopic (exact) mass is 227 g/mol. The highest BCUT2D eigenvalue weighted by atomic mass is 15.2. The van der Waals surface area contributed by atoms with Gasteiger partial charge in [-0.05, 0) is 19.2 Å². The van der Waals surface area contributed by atoms with Gasteiger partial charge in [0.1, 0.15) is 0 Å². The van der Waals surface area contributed by atoms with E-state index >= 15 is 0 Å². The third kappa shape index (κ3) is 2.16. The van der Waals surface area contributed by atoms with Gasteiger partial charge in [0.05, 0.1) is 11.2 Å². The molecule has 1 N–H and O–H groups in total. The van der Waals surface area contributed by atoms with Gasteiger partial charge < -0.3 is 5.32 Å². The molecule has 1 aliphatic heterocycles. The van der Waals surface area contributed by atoms with E-state index in [2.05, 4.69) is 47.6 Å². The third-order valence-electron chi connectivity index (χ3n) is 3.45. The third-order valence-corrected chi connectivity index (χ3v) is 3.45. The van der Waals surface area contributed by atoms with Crippen molar-refractivity contribution in [1.29, 1.82) is 0 Å². The minimum absolute atomic E-state index is 0.670. The summed E-state index contributed by atoms with van der Waals surface area (Å²) in [6.07, 6.45) is 0. The standard InChI is InChI=1S/C14H17N3/c1-17(13-8-15-9-13)10-12-7-6-11-4-2-3-5-14(11)16-12/h2-7,13,15H,8-10H2,1H3. The van der Waals surface area contributed by atoms with Crippen LogP contribution in [0.25, 0.3) is 10.9 Å². The number of hydrogen-bond acceptors (Lipinski definition) is 3. The lowest BCUT2D eigenvalue weighted by Crippen LogP contribution is -2.55. The van der Waals surface area contributed by atoms with Crippen molar-refractivity contribution in [2.75, 3.05) is 20.1 Å². The van der Waals surface area contributed by atoms with Gasteiger partial charge in [-0.25, -0.2) is 0 Å². The maximum absolute atomic E-state index is 4.69. The first-order valence-electron chi connectivity index (χ1n) is 6.08. The number of nitrogens with one attached hydrogen (secondary N) is 1. The first kappa shape index (κ1) is 10.7. The van der Waals surface area contributed by atoms with Gasteiger partial charge in [0.15, 0.2) is 0 Å².